The summed E-state index contributed by atoms with van der Waals surface area (Å²) in [6.45, 7) is 0.389. The Labute approximate surface area is 125 Å². The van der Waals surface area contributed by atoms with E-state index in [0.717, 1.165) is 23.5 Å². The van der Waals surface area contributed by atoms with Gasteiger partial charge in [-0.1, -0.05) is 0 Å². The van der Waals surface area contributed by atoms with Gasteiger partial charge < -0.3 is 14.6 Å². The fraction of sp³-hybridized carbons (Fsp3) is 0.571. The maximum atomic E-state index is 12.7. The lowest BCUT2D eigenvalue weighted by molar-refractivity contribution is -0.140. The van der Waals surface area contributed by atoms with Gasteiger partial charge in [0.2, 0.25) is 5.91 Å². The molecule has 0 saturated carbocycles. The molecule has 0 bridgehead atoms. The van der Waals surface area contributed by atoms with Crippen LogP contribution in [0.1, 0.15) is 18.4 Å². The average Bonchev–Trinajstić information content (AvgIpc) is 2.48. The Hall–Kier alpha value is -1.83. The van der Waals surface area contributed by atoms with E-state index in [1.165, 1.54) is 11.1 Å². The summed E-state index contributed by atoms with van der Waals surface area (Å²) in [6, 6.07) is 1.80. The number of aliphatic hydroxyl groups excluding tert-OH is 1. The predicted octanol–water partition coefficient (Wildman–Crippen LogP) is 1.10. The Kier molecular flexibility index (Phi) is 4.90. The van der Waals surface area contributed by atoms with Crippen molar-refractivity contribution >= 4 is 5.91 Å². The topological polar surface area (TPSA) is 62.5 Å². The van der Waals surface area contributed by atoms with Crippen LogP contribution in [0.4, 0.5) is 13.2 Å². The number of aliphatic hydroxyl groups is 1. The highest BCUT2D eigenvalue weighted by Gasteiger charge is 2.34. The van der Waals surface area contributed by atoms with Crippen molar-refractivity contribution in [2.24, 2.45) is 5.92 Å². The Morgan fingerprint density at radius 1 is 1.41 bits per heavy atom. The van der Waals surface area contributed by atoms with E-state index in [9.17, 15) is 22.8 Å². The summed E-state index contributed by atoms with van der Waals surface area (Å²) in [7, 11) is 0. The van der Waals surface area contributed by atoms with Gasteiger partial charge in [-0.15, -0.1) is 0 Å². The molecule has 1 aromatic heterocycles. The van der Waals surface area contributed by atoms with Gasteiger partial charge in [0.05, 0.1) is 0 Å². The Morgan fingerprint density at radius 3 is 2.77 bits per heavy atom. The second-order valence-corrected chi connectivity index (χ2v) is 5.38. The summed E-state index contributed by atoms with van der Waals surface area (Å²) in [5.74, 6) is -0.435. The van der Waals surface area contributed by atoms with Crippen molar-refractivity contribution in [3.8, 4) is 0 Å². The minimum Gasteiger partial charge on any atom is -0.396 e. The number of hydrogen-bond donors (Lipinski definition) is 1. The number of amides is 1. The van der Waals surface area contributed by atoms with Crippen LogP contribution in [0.5, 0.6) is 0 Å². The maximum absolute atomic E-state index is 12.7. The van der Waals surface area contributed by atoms with Gasteiger partial charge in [0.1, 0.15) is 12.1 Å². The van der Waals surface area contributed by atoms with Crippen LogP contribution in [-0.4, -0.2) is 40.2 Å². The van der Waals surface area contributed by atoms with Gasteiger partial charge >= 0.3 is 6.18 Å². The number of pyridine rings is 1. The highest BCUT2D eigenvalue weighted by Crippen LogP contribution is 2.26. The van der Waals surface area contributed by atoms with Crippen molar-refractivity contribution < 1.29 is 23.1 Å². The Morgan fingerprint density at radius 2 is 2.14 bits per heavy atom. The number of alkyl halides is 3. The fourth-order valence-electron chi connectivity index (χ4n) is 2.56. The predicted molar refractivity (Wildman–Crippen MR) is 72.1 cm³/mol. The number of carbonyl (C=O) groups excluding carboxylic acids is 1. The van der Waals surface area contributed by atoms with Crippen molar-refractivity contribution in [3.05, 3.63) is 34.2 Å². The van der Waals surface area contributed by atoms with Crippen LogP contribution in [-0.2, 0) is 17.5 Å². The molecule has 0 aromatic carbocycles. The molecule has 1 amide bonds. The highest BCUT2D eigenvalue weighted by atomic mass is 19.4. The summed E-state index contributed by atoms with van der Waals surface area (Å²) < 4.78 is 38.8. The fourth-order valence-corrected chi connectivity index (χ4v) is 2.56. The van der Waals surface area contributed by atoms with E-state index in [2.05, 4.69) is 0 Å². The van der Waals surface area contributed by atoms with Gasteiger partial charge in [-0.3, -0.25) is 9.59 Å². The third kappa shape index (κ3) is 3.68. The third-order valence-electron chi connectivity index (χ3n) is 3.76. The smallest absolute Gasteiger partial charge is 0.396 e. The number of halogens is 3. The zero-order chi connectivity index (χ0) is 16.3. The first kappa shape index (κ1) is 16.5. The standard InChI is InChI=1S/C14H17F3N2O3/c15-14(16,17)11-4-2-6-19(13(11)22)8-12(21)18-5-1-3-10(7-18)9-20/h2,4,6,10,20H,1,3,5,7-9H2. The van der Waals surface area contributed by atoms with Crippen LogP contribution in [0.15, 0.2) is 23.1 Å². The van der Waals surface area contributed by atoms with Crippen LogP contribution in [0.25, 0.3) is 0 Å². The molecule has 1 aliphatic heterocycles. The lowest BCUT2D eigenvalue weighted by Gasteiger charge is -2.32. The first-order valence-corrected chi connectivity index (χ1v) is 6.98. The van der Waals surface area contributed by atoms with Crippen molar-refractivity contribution in [2.45, 2.75) is 25.6 Å². The van der Waals surface area contributed by atoms with E-state index >= 15 is 0 Å². The summed E-state index contributed by atoms with van der Waals surface area (Å²) in [6.07, 6.45) is -2.03. The monoisotopic (exact) mass is 318 g/mol. The van der Waals surface area contributed by atoms with E-state index in [4.69, 9.17) is 5.11 Å². The lowest BCUT2D eigenvalue weighted by atomic mass is 9.99. The van der Waals surface area contributed by atoms with E-state index < -0.39 is 29.8 Å². The summed E-state index contributed by atoms with van der Waals surface area (Å²) in [4.78, 5) is 25.4. The number of nitrogens with zero attached hydrogens (tertiary/aromatic N) is 2. The van der Waals surface area contributed by atoms with Crippen molar-refractivity contribution in [3.63, 3.8) is 0 Å². The zero-order valence-corrected chi connectivity index (χ0v) is 11.8. The van der Waals surface area contributed by atoms with Crippen LogP contribution in [0.2, 0.25) is 0 Å². The molecule has 0 radical (unpaired) electrons. The molecule has 2 rings (SSSR count). The van der Waals surface area contributed by atoms with E-state index in [0.29, 0.717) is 19.2 Å². The molecule has 1 atom stereocenters. The minimum absolute atomic E-state index is 0.0177. The first-order chi connectivity index (χ1) is 10.3. The quantitative estimate of drug-likeness (QED) is 0.908. The number of likely N-dealkylation sites (tertiary alicyclic amines) is 1. The van der Waals surface area contributed by atoms with Crippen LogP contribution in [0.3, 0.4) is 0 Å². The van der Waals surface area contributed by atoms with Crippen LogP contribution in [0, 0.1) is 5.92 Å². The third-order valence-corrected chi connectivity index (χ3v) is 3.76. The summed E-state index contributed by atoms with van der Waals surface area (Å²) in [5, 5.41) is 9.13. The number of piperidine rings is 1. The molecular weight excluding hydrogens is 301 g/mol. The number of carbonyl (C=O) groups is 1. The normalized spacial score (nSPS) is 19.3. The second-order valence-electron chi connectivity index (χ2n) is 5.38. The lowest BCUT2D eigenvalue weighted by Crippen LogP contribution is -2.43. The van der Waals surface area contributed by atoms with Crippen LogP contribution >= 0.6 is 0 Å². The van der Waals surface area contributed by atoms with Gasteiger partial charge in [0, 0.05) is 25.9 Å². The summed E-state index contributed by atoms with van der Waals surface area (Å²) in [5.41, 5.74) is -2.51. The van der Waals surface area contributed by atoms with Crippen molar-refractivity contribution in [1.29, 1.82) is 0 Å². The van der Waals surface area contributed by atoms with E-state index in [-0.39, 0.29) is 12.5 Å². The van der Waals surface area contributed by atoms with Gasteiger partial charge in [-0.25, -0.2) is 0 Å². The van der Waals surface area contributed by atoms with E-state index in [1.54, 1.807) is 0 Å². The first-order valence-electron chi connectivity index (χ1n) is 6.98. The molecule has 1 N–H and O–H groups in total. The molecule has 1 unspecified atom stereocenters. The van der Waals surface area contributed by atoms with E-state index in [1.807, 2.05) is 0 Å². The highest BCUT2D eigenvalue weighted by molar-refractivity contribution is 5.76. The minimum atomic E-state index is -4.74. The molecule has 8 heteroatoms. The van der Waals surface area contributed by atoms with Crippen molar-refractivity contribution in [2.75, 3.05) is 19.7 Å². The molecule has 22 heavy (non-hydrogen) atoms. The van der Waals surface area contributed by atoms with Crippen molar-refractivity contribution in [1.82, 2.24) is 9.47 Å². The Bertz CT molecular complexity index is 598. The van der Waals surface area contributed by atoms with Gasteiger partial charge in [-0.2, -0.15) is 13.2 Å². The summed E-state index contributed by atoms with van der Waals surface area (Å²) >= 11 is 0. The largest absolute Gasteiger partial charge is 0.421 e. The average molecular weight is 318 g/mol. The number of rotatable bonds is 3. The molecule has 122 valence electrons. The second kappa shape index (κ2) is 6.51. The Balaban J connectivity index is 2.14. The molecule has 1 saturated heterocycles. The van der Waals surface area contributed by atoms with Gasteiger partial charge in [0.15, 0.2) is 0 Å². The molecule has 5 nitrogen and oxygen atoms in total. The molecule has 1 aliphatic rings. The molecule has 0 spiro atoms. The molecule has 2 heterocycles. The van der Waals surface area contributed by atoms with Gasteiger partial charge in [-0.05, 0) is 30.9 Å². The zero-order valence-electron chi connectivity index (χ0n) is 11.8. The number of aromatic nitrogens is 1. The molecule has 0 aliphatic carbocycles. The molecular formula is C14H17F3N2O3. The SMILES string of the molecule is O=C(Cn1cccc(C(F)(F)F)c1=O)N1CCCC(CO)C1. The van der Waals surface area contributed by atoms with Crippen LogP contribution < -0.4 is 5.56 Å². The molecule has 1 aromatic rings. The molecule has 1 fully saturated rings. The number of hydrogen-bond acceptors (Lipinski definition) is 3. The van der Waals surface area contributed by atoms with Gasteiger partial charge in [0.25, 0.3) is 5.56 Å². The maximum Gasteiger partial charge on any atom is 0.421 e.